The fourth-order valence-corrected chi connectivity index (χ4v) is 12.5. The first-order valence-corrected chi connectivity index (χ1v) is 18.7. The van der Waals surface area contributed by atoms with Crippen molar-refractivity contribution in [2.45, 2.75) is 6.42 Å². The van der Waals surface area contributed by atoms with Crippen molar-refractivity contribution in [2.75, 3.05) is 5.32 Å². The molecule has 166 valence electrons. The van der Waals surface area contributed by atoms with Crippen molar-refractivity contribution in [3.8, 4) is 0 Å². The van der Waals surface area contributed by atoms with Gasteiger partial charge in [-0.05, 0) is 0 Å². The van der Waals surface area contributed by atoms with Crippen LogP contribution in [0.25, 0.3) is 0 Å². The third-order valence-corrected chi connectivity index (χ3v) is 16.8. The number of benzene rings is 4. The molecule has 0 atom stereocenters. The number of nitrogens with one attached hydrogen (secondary N) is 1. The second-order valence-electron chi connectivity index (χ2n) is 7.36. The van der Waals surface area contributed by atoms with Crippen LogP contribution in [0.1, 0.15) is 5.56 Å². The fraction of sp³-hybridized carbons (Fsp3) is 0.0385. The van der Waals surface area contributed by atoms with Gasteiger partial charge in [0.2, 0.25) is 0 Å². The summed E-state index contributed by atoms with van der Waals surface area (Å²) >= 11 is 8.43. The van der Waals surface area contributed by atoms with E-state index in [1.807, 2.05) is 84.9 Å². The first-order chi connectivity index (χ1) is 16.0. The molecule has 0 unspecified atom stereocenters. The van der Waals surface area contributed by atoms with Gasteiger partial charge in [0.25, 0.3) is 0 Å². The van der Waals surface area contributed by atoms with E-state index in [1.165, 1.54) is 0 Å². The van der Waals surface area contributed by atoms with Crippen LogP contribution in [0.3, 0.4) is 0 Å². The Morgan fingerprint density at radius 2 is 1.24 bits per heavy atom. The molecule has 0 radical (unpaired) electrons. The van der Waals surface area contributed by atoms with Crippen molar-refractivity contribution in [3.05, 3.63) is 119 Å². The molecule has 4 aromatic carbocycles. The fourth-order valence-electron chi connectivity index (χ4n) is 3.49. The van der Waals surface area contributed by atoms with E-state index >= 15 is 0 Å². The van der Waals surface area contributed by atoms with E-state index in [9.17, 15) is 4.79 Å². The van der Waals surface area contributed by atoms with Crippen LogP contribution in [0.2, 0.25) is 10.0 Å². The summed E-state index contributed by atoms with van der Waals surface area (Å²) in [5.41, 5.74) is 2.06. The number of rotatable bonds is 7. The number of para-hydroxylation sites is 2. The number of halogens is 3. The van der Waals surface area contributed by atoms with Crippen LogP contribution >= 0.6 is 32.1 Å². The molecule has 4 aromatic rings. The van der Waals surface area contributed by atoms with E-state index in [4.69, 9.17) is 35.2 Å². The maximum atomic E-state index is 13.2. The maximum absolute atomic E-state index is 13.2. The van der Waals surface area contributed by atoms with Gasteiger partial charge in [-0.25, -0.2) is 0 Å². The Labute approximate surface area is 211 Å². The molecule has 0 aromatic heterocycles. The predicted octanol–water partition coefficient (Wildman–Crippen LogP) is 6.32. The van der Waals surface area contributed by atoms with Crippen LogP contribution in [0.15, 0.2) is 103 Å². The van der Waals surface area contributed by atoms with Crippen molar-refractivity contribution in [1.82, 2.24) is 0 Å². The minimum atomic E-state index is -4.20. The Balaban J connectivity index is 1.61. The minimum absolute atomic E-state index is 0.0519. The third-order valence-electron chi connectivity index (χ3n) is 5.12. The van der Waals surface area contributed by atoms with E-state index < -0.39 is 17.7 Å². The molecule has 1 N–H and O–H groups in total. The number of carbonyl (C=O) groups is 1. The Morgan fingerprint density at radius 1 is 0.727 bits per heavy atom. The van der Waals surface area contributed by atoms with Gasteiger partial charge in [-0.3, -0.25) is 0 Å². The Hall–Kier alpha value is -2.18. The van der Waals surface area contributed by atoms with Gasteiger partial charge in [0.15, 0.2) is 0 Å². The van der Waals surface area contributed by atoms with Gasteiger partial charge < -0.3 is 0 Å². The average molecular weight is 604 g/mol. The molecule has 0 amide bonds. The average Bonchev–Trinajstić information content (AvgIpc) is 2.83. The van der Waals surface area contributed by atoms with E-state index in [0.29, 0.717) is 15.7 Å². The summed E-state index contributed by atoms with van der Waals surface area (Å²) in [4.78, 5) is 13.2. The molecular formula is C26H20Cl3NO2Sn. The molecule has 0 aliphatic carbocycles. The zero-order valence-electron chi connectivity index (χ0n) is 17.5. The summed E-state index contributed by atoms with van der Waals surface area (Å²) < 4.78 is 7.88. The monoisotopic (exact) mass is 603 g/mol. The molecule has 0 aliphatic rings. The molecular weight excluding hydrogens is 583 g/mol. The Morgan fingerprint density at radius 3 is 1.82 bits per heavy atom. The quantitative estimate of drug-likeness (QED) is 0.252. The van der Waals surface area contributed by atoms with Gasteiger partial charge in [0.1, 0.15) is 0 Å². The second-order valence-corrected chi connectivity index (χ2v) is 19.0. The number of hydrogen-bond acceptors (Lipinski definition) is 3. The van der Waals surface area contributed by atoms with Crippen LogP contribution in [0.5, 0.6) is 0 Å². The predicted molar refractivity (Wildman–Crippen MR) is 140 cm³/mol. The molecule has 0 heterocycles. The molecule has 7 heteroatoms. The van der Waals surface area contributed by atoms with Crippen LogP contribution in [-0.4, -0.2) is 23.6 Å². The molecule has 0 saturated carbocycles. The Kier molecular flexibility index (Phi) is 7.86. The number of anilines is 2. The summed E-state index contributed by atoms with van der Waals surface area (Å²) in [5, 5.41) is 4.23. The number of carbonyl (C=O) groups excluding carboxylic acids is 1. The van der Waals surface area contributed by atoms with Crippen molar-refractivity contribution in [3.63, 3.8) is 0 Å². The van der Waals surface area contributed by atoms with Gasteiger partial charge in [-0.15, -0.1) is 0 Å². The van der Waals surface area contributed by atoms with Gasteiger partial charge in [0, 0.05) is 0 Å². The van der Waals surface area contributed by atoms with Crippen molar-refractivity contribution >= 4 is 74.3 Å². The van der Waals surface area contributed by atoms with Crippen LogP contribution in [-0.2, 0) is 14.3 Å². The van der Waals surface area contributed by atoms with Crippen LogP contribution in [0, 0.1) is 0 Å². The van der Waals surface area contributed by atoms with Gasteiger partial charge >= 0.3 is 213 Å². The molecule has 0 saturated heterocycles. The van der Waals surface area contributed by atoms with Crippen molar-refractivity contribution in [1.29, 1.82) is 0 Å². The SMILES string of the molecule is O=C(Cc1ccccc1Nc1c(Cl)cccc1Cl)[O][Sn]([Cl])([c]1ccccc1)[c]1ccccc1. The van der Waals surface area contributed by atoms with E-state index in [1.54, 1.807) is 18.2 Å². The van der Waals surface area contributed by atoms with E-state index in [2.05, 4.69) is 5.32 Å². The van der Waals surface area contributed by atoms with Crippen LogP contribution in [0.4, 0.5) is 11.4 Å². The molecule has 3 nitrogen and oxygen atoms in total. The van der Waals surface area contributed by atoms with E-state index in [0.717, 1.165) is 18.4 Å². The first kappa shape index (κ1) is 24.0. The van der Waals surface area contributed by atoms with Crippen molar-refractivity contribution < 1.29 is 7.87 Å². The zero-order chi connectivity index (χ0) is 23.3. The summed E-state index contributed by atoms with van der Waals surface area (Å²) in [6.45, 7) is 0. The first-order valence-electron chi connectivity index (χ1n) is 10.3. The normalized spacial score (nSPS) is 11.1. The van der Waals surface area contributed by atoms with E-state index in [-0.39, 0.29) is 12.4 Å². The molecule has 0 bridgehead atoms. The second kappa shape index (κ2) is 10.8. The molecule has 33 heavy (non-hydrogen) atoms. The summed E-state index contributed by atoms with van der Waals surface area (Å²) in [7, 11) is 7.18. The third kappa shape index (κ3) is 5.67. The summed E-state index contributed by atoms with van der Waals surface area (Å²) in [6.07, 6.45) is 0.0519. The molecule has 4 rings (SSSR count). The van der Waals surface area contributed by atoms with Gasteiger partial charge in [0.05, 0.1) is 0 Å². The zero-order valence-corrected chi connectivity index (χ0v) is 22.6. The summed E-state index contributed by atoms with van der Waals surface area (Å²) in [6, 6.07) is 32.0. The van der Waals surface area contributed by atoms with Crippen LogP contribution < -0.4 is 12.5 Å². The topological polar surface area (TPSA) is 38.3 Å². The summed E-state index contributed by atoms with van der Waals surface area (Å²) in [5.74, 6) is -0.381. The van der Waals surface area contributed by atoms with Gasteiger partial charge in [-0.2, -0.15) is 0 Å². The number of hydrogen-bond donors (Lipinski definition) is 1. The molecule has 0 fully saturated rings. The molecule has 0 aliphatic heterocycles. The van der Waals surface area contributed by atoms with Gasteiger partial charge in [-0.1, -0.05) is 0 Å². The van der Waals surface area contributed by atoms with Crippen molar-refractivity contribution in [2.24, 2.45) is 0 Å². The standard InChI is InChI=1S/C14H11Cl2NO2.2C6H5.ClH.Sn/c15-10-5-3-6-11(16)14(10)17-12-7-2-1-4-9(12)8-13(18)19;2*1-2-4-6-5-3-1;;/h1-7,17H,8H2,(H,18,19);2*1-5H;1H;/q;;;;+2/p-2. The molecule has 0 spiro atoms. The Bertz CT molecular complexity index is 1190.